The van der Waals surface area contributed by atoms with Crippen LogP contribution in [0.4, 0.5) is 20.3 Å². The Labute approximate surface area is 160 Å². The molecule has 2 N–H and O–H groups in total. The summed E-state index contributed by atoms with van der Waals surface area (Å²) in [5.41, 5.74) is 0.818. The molecule has 0 spiro atoms. The predicted molar refractivity (Wildman–Crippen MR) is 99.5 cm³/mol. The Morgan fingerprint density at radius 2 is 1.86 bits per heavy atom. The van der Waals surface area contributed by atoms with Gasteiger partial charge in [-0.15, -0.1) is 0 Å². The first-order valence-electron chi connectivity index (χ1n) is 8.04. The molecule has 2 heterocycles. The van der Waals surface area contributed by atoms with Crippen LogP contribution in [-0.4, -0.2) is 25.5 Å². The van der Waals surface area contributed by atoms with E-state index in [4.69, 9.17) is 4.74 Å². The molecule has 7 nitrogen and oxygen atoms in total. The lowest BCUT2D eigenvalue weighted by Crippen LogP contribution is -2.14. The number of hydrogen-bond donors (Lipinski definition) is 2. The van der Waals surface area contributed by atoms with Crippen molar-refractivity contribution in [2.24, 2.45) is 0 Å². The van der Waals surface area contributed by atoms with E-state index in [0.29, 0.717) is 18.2 Å². The SMILES string of the molecule is COc1cc(CNc2ccc(S(=O)(=O)Nc3ccc(F)c(F)c3)cn2)ccn1. The molecular formula is C18H16F2N4O3S. The molecule has 3 rings (SSSR count). The monoisotopic (exact) mass is 406 g/mol. The Balaban J connectivity index is 1.67. The molecule has 0 fully saturated rings. The van der Waals surface area contributed by atoms with Gasteiger partial charge in [0, 0.05) is 31.1 Å². The molecular weight excluding hydrogens is 390 g/mol. The molecule has 0 aliphatic heterocycles. The van der Waals surface area contributed by atoms with Crippen molar-refractivity contribution in [3.8, 4) is 5.88 Å². The minimum Gasteiger partial charge on any atom is -0.481 e. The lowest BCUT2D eigenvalue weighted by Gasteiger charge is -2.10. The first-order chi connectivity index (χ1) is 13.4. The lowest BCUT2D eigenvalue weighted by molar-refractivity contribution is 0.397. The van der Waals surface area contributed by atoms with Gasteiger partial charge in [0.25, 0.3) is 10.0 Å². The fraction of sp³-hybridized carbons (Fsp3) is 0.111. The first kappa shape index (κ1) is 19.5. The van der Waals surface area contributed by atoms with Gasteiger partial charge in [-0.25, -0.2) is 27.2 Å². The number of aromatic nitrogens is 2. The zero-order chi connectivity index (χ0) is 20.1. The normalized spacial score (nSPS) is 11.1. The topological polar surface area (TPSA) is 93.2 Å². The van der Waals surface area contributed by atoms with Gasteiger partial charge in [-0.05, 0) is 35.9 Å². The molecule has 0 saturated carbocycles. The van der Waals surface area contributed by atoms with Gasteiger partial charge in [0.15, 0.2) is 11.6 Å². The molecule has 0 unspecified atom stereocenters. The van der Waals surface area contributed by atoms with Crippen LogP contribution in [0.25, 0.3) is 0 Å². The number of halogens is 2. The second-order valence-corrected chi connectivity index (χ2v) is 7.36. The molecule has 0 aliphatic rings. The maximum absolute atomic E-state index is 13.2. The summed E-state index contributed by atoms with van der Waals surface area (Å²) in [4.78, 5) is 7.96. The van der Waals surface area contributed by atoms with Crippen LogP contribution in [0.2, 0.25) is 0 Å². The highest BCUT2D eigenvalue weighted by Gasteiger charge is 2.16. The predicted octanol–water partition coefficient (Wildman–Crippen LogP) is 3.18. The Hall–Kier alpha value is -3.27. The summed E-state index contributed by atoms with van der Waals surface area (Å²) in [6.45, 7) is 0.436. The van der Waals surface area contributed by atoms with E-state index in [-0.39, 0.29) is 10.6 Å². The summed E-state index contributed by atoms with van der Waals surface area (Å²) < 4.78 is 58.1. The molecule has 2 aromatic heterocycles. The van der Waals surface area contributed by atoms with E-state index in [0.717, 1.165) is 30.0 Å². The molecule has 0 aliphatic carbocycles. The highest BCUT2D eigenvalue weighted by molar-refractivity contribution is 7.92. The Morgan fingerprint density at radius 3 is 2.54 bits per heavy atom. The largest absolute Gasteiger partial charge is 0.481 e. The zero-order valence-electron chi connectivity index (χ0n) is 14.7. The van der Waals surface area contributed by atoms with Gasteiger partial charge in [0.05, 0.1) is 12.8 Å². The molecule has 146 valence electrons. The van der Waals surface area contributed by atoms with Crippen molar-refractivity contribution < 1.29 is 21.9 Å². The highest BCUT2D eigenvalue weighted by Crippen LogP contribution is 2.19. The molecule has 0 amide bonds. The molecule has 10 heteroatoms. The molecule has 0 radical (unpaired) electrons. The zero-order valence-corrected chi connectivity index (χ0v) is 15.5. The smallest absolute Gasteiger partial charge is 0.263 e. The fourth-order valence-electron chi connectivity index (χ4n) is 2.28. The van der Waals surface area contributed by atoms with Crippen molar-refractivity contribution in [3.05, 3.63) is 72.1 Å². The lowest BCUT2D eigenvalue weighted by atomic mass is 10.2. The average Bonchev–Trinajstić information content (AvgIpc) is 2.69. The van der Waals surface area contributed by atoms with Gasteiger partial charge >= 0.3 is 0 Å². The third-order valence-corrected chi connectivity index (χ3v) is 5.07. The Kier molecular flexibility index (Phi) is 5.69. The van der Waals surface area contributed by atoms with E-state index >= 15 is 0 Å². The highest BCUT2D eigenvalue weighted by atomic mass is 32.2. The standard InChI is InChI=1S/C18H16F2N4O3S/c1-27-18-8-12(6-7-21-18)10-22-17-5-3-14(11-23-17)28(25,26)24-13-2-4-15(19)16(20)9-13/h2-9,11,24H,10H2,1H3,(H,22,23). The fourth-order valence-corrected chi connectivity index (χ4v) is 3.28. The second kappa shape index (κ2) is 8.17. The van der Waals surface area contributed by atoms with E-state index in [2.05, 4.69) is 20.0 Å². The van der Waals surface area contributed by atoms with Crippen LogP contribution >= 0.6 is 0 Å². The molecule has 0 atom stereocenters. The van der Waals surface area contributed by atoms with E-state index < -0.39 is 21.7 Å². The van der Waals surface area contributed by atoms with Crippen LogP contribution in [0.3, 0.4) is 0 Å². The van der Waals surface area contributed by atoms with Crippen LogP contribution in [0.1, 0.15) is 5.56 Å². The number of methoxy groups -OCH3 is 1. The number of hydrogen-bond acceptors (Lipinski definition) is 6. The van der Waals surface area contributed by atoms with Gasteiger partial charge in [0.1, 0.15) is 10.7 Å². The van der Waals surface area contributed by atoms with Crippen molar-refractivity contribution >= 4 is 21.5 Å². The van der Waals surface area contributed by atoms with Crippen molar-refractivity contribution in [3.63, 3.8) is 0 Å². The van der Waals surface area contributed by atoms with Crippen LogP contribution in [0, 0.1) is 11.6 Å². The maximum Gasteiger partial charge on any atom is 0.263 e. The molecule has 0 saturated heterocycles. The third-order valence-electron chi connectivity index (χ3n) is 3.70. The van der Waals surface area contributed by atoms with E-state index in [1.165, 1.54) is 19.2 Å². The van der Waals surface area contributed by atoms with Gasteiger partial charge in [-0.1, -0.05) is 0 Å². The average molecular weight is 406 g/mol. The van der Waals surface area contributed by atoms with Crippen LogP contribution in [0.5, 0.6) is 5.88 Å². The minimum atomic E-state index is -3.99. The number of sulfonamides is 1. The van der Waals surface area contributed by atoms with Crippen LogP contribution < -0.4 is 14.8 Å². The third kappa shape index (κ3) is 4.71. The maximum atomic E-state index is 13.2. The quantitative estimate of drug-likeness (QED) is 0.626. The van der Waals surface area contributed by atoms with Crippen molar-refractivity contribution in [1.82, 2.24) is 9.97 Å². The summed E-state index contributed by atoms with van der Waals surface area (Å²) in [7, 11) is -2.47. The van der Waals surface area contributed by atoms with Gasteiger partial charge in [0.2, 0.25) is 5.88 Å². The molecule has 28 heavy (non-hydrogen) atoms. The number of pyridine rings is 2. The summed E-state index contributed by atoms with van der Waals surface area (Å²) in [5.74, 6) is -1.27. The number of ether oxygens (including phenoxy) is 1. The minimum absolute atomic E-state index is 0.0901. The molecule has 3 aromatic rings. The molecule has 1 aromatic carbocycles. The van der Waals surface area contributed by atoms with Gasteiger partial charge < -0.3 is 10.1 Å². The Bertz CT molecular complexity index is 1080. The summed E-state index contributed by atoms with van der Waals surface area (Å²) in [6, 6.07) is 9.15. The summed E-state index contributed by atoms with van der Waals surface area (Å²) in [5, 5.41) is 3.05. The molecule has 0 bridgehead atoms. The van der Waals surface area contributed by atoms with Crippen LogP contribution in [-0.2, 0) is 16.6 Å². The Morgan fingerprint density at radius 1 is 1.04 bits per heavy atom. The second-order valence-electron chi connectivity index (χ2n) is 5.67. The summed E-state index contributed by atoms with van der Waals surface area (Å²) in [6.07, 6.45) is 2.78. The number of anilines is 2. The van der Waals surface area contributed by atoms with Crippen LogP contribution in [0.15, 0.2) is 59.8 Å². The van der Waals surface area contributed by atoms with Gasteiger partial charge in [-0.3, -0.25) is 4.72 Å². The number of benzene rings is 1. The van der Waals surface area contributed by atoms with Crippen molar-refractivity contribution in [2.75, 3.05) is 17.1 Å². The van der Waals surface area contributed by atoms with E-state index in [1.807, 2.05) is 0 Å². The number of rotatable bonds is 7. The van der Waals surface area contributed by atoms with Crippen molar-refractivity contribution in [2.45, 2.75) is 11.4 Å². The summed E-state index contributed by atoms with van der Waals surface area (Å²) >= 11 is 0. The van der Waals surface area contributed by atoms with E-state index in [9.17, 15) is 17.2 Å². The number of nitrogens with zero attached hydrogens (tertiary/aromatic N) is 2. The van der Waals surface area contributed by atoms with E-state index in [1.54, 1.807) is 18.3 Å². The first-order valence-corrected chi connectivity index (χ1v) is 9.52. The van der Waals surface area contributed by atoms with Crippen molar-refractivity contribution in [1.29, 1.82) is 0 Å². The van der Waals surface area contributed by atoms with Gasteiger partial charge in [-0.2, -0.15) is 0 Å². The number of nitrogens with one attached hydrogen (secondary N) is 2.